The van der Waals surface area contributed by atoms with E-state index in [1.807, 2.05) is 19.3 Å². The number of β-amino-alcohol motifs (C(OH)–C–C–N with tert-alkyl or cyclic N) is 1. The second-order valence-corrected chi connectivity index (χ2v) is 6.23. The van der Waals surface area contributed by atoms with Gasteiger partial charge in [0.05, 0.1) is 30.9 Å². The first-order valence-corrected chi connectivity index (χ1v) is 8.41. The number of aromatic nitrogens is 1. The summed E-state index contributed by atoms with van der Waals surface area (Å²) < 4.78 is 13.4. The molecule has 1 aromatic carbocycles. The van der Waals surface area contributed by atoms with Gasteiger partial charge in [-0.05, 0) is 36.4 Å². The summed E-state index contributed by atoms with van der Waals surface area (Å²) >= 11 is 0. The maximum Gasteiger partial charge on any atom is 0.119 e. The van der Waals surface area contributed by atoms with E-state index in [0.717, 1.165) is 6.54 Å². The number of hydrogen-bond acceptors (Lipinski definition) is 5. The van der Waals surface area contributed by atoms with E-state index >= 15 is 0 Å². The highest BCUT2D eigenvalue weighted by Crippen LogP contribution is 2.24. The molecule has 0 bridgehead atoms. The van der Waals surface area contributed by atoms with Crippen molar-refractivity contribution in [2.45, 2.75) is 12.1 Å². The first kappa shape index (κ1) is 17.5. The average Bonchev–Trinajstić information content (AvgIpc) is 3.07. The summed E-state index contributed by atoms with van der Waals surface area (Å²) in [5.74, 6) is 0.652. The summed E-state index contributed by atoms with van der Waals surface area (Å²) in [6.45, 7) is 2.81. The van der Waals surface area contributed by atoms with Crippen LogP contribution >= 0.6 is 0 Å². The molecule has 1 saturated heterocycles. The minimum atomic E-state index is -0.600. The van der Waals surface area contributed by atoms with Crippen molar-refractivity contribution in [2.75, 3.05) is 32.9 Å². The predicted octanol–water partition coefficient (Wildman–Crippen LogP) is 1.71. The van der Waals surface area contributed by atoms with E-state index in [2.05, 4.69) is 21.6 Å². The van der Waals surface area contributed by atoms with Crippen molar-refractivity contribution in [1.29, 1.82) is 5.26 Å². The maximum atomic E-state index is 10.4. The van der Waals surface area contributed by atoms with Gasteiger partial charge < -0.3 is 19.1 Å². The second kappa shape index (κ2) is 8.17. The molecular weight excluding hydrogens is 318 g/mol. The summed E-state index contributed by atoms with van der Waals surface area (Å²) in [4.78, 5) is 2.24. The van der Waals surface area contributed by atoms with Crippen molar-refractivity contribution in [3.63, 3.8) is 0 Å². The molecule has 1 aliphatic rings. The number of rotatable bonds is 6. The summed E-state index contributed by atoms with van der Waals surface area (Å²) in [5.41, 5.74) is 1.77. The van der Waals surface area contributed by atoms with Crippen molar-refractivity contribution < 1.29 is 14.6 Å². The molecule has 6 heteroatoms. The van der Waals surface area contributed by atoms with Gasteiger partial charge in [0.15, 0.2) is 0 Å². The summed E-state index contributed by atoms with van der Waals surface area (Å²) in [6.07, 6.45) is 1.42. The van der Waals surface area contributed by atoms with Gasteiger partial charge in [-0.15, -0.1) is 0 Å². The van der Waals surface area contributed by atoms with Crippen LogP contribution in [-0.4, -0.2) is 53.6 Å². The minimum Gasteiger partial charge on any atom is -0.491 e. The van der Waals surface area contributed by atoms with Gasteiger partial charge in [0.1, 0.15) is 18.5 Å². The van der Waals surface area contributed by atoms with Gasteiger partial charge in [-0.2, -0.15) is 5.26 Å². The number of aryl methyl sites for hydroxylation is 1. The average molecular weight is 341 g/mol. The molecule has 0 radical (unpaired) electrons. The van der Waals surface area contributed by atoms with Gasteiger partial charge in [0.2, 0.25) is 0 Å². The molecule has 2 atom stereocenters. The summed E-state index contributed by atoms with van der Waals surface area (Å²) in [6, 6.07) is 13.2. The highest BCUT2D eigenvalue weighted by molar-refractivity contribution is 5.34. The topological polar surface area (TPSA) is 70.7 Å². The Morgan fingerprint density at radius 3 is 2.84 bits per heavy atom. The van der Waals surface area contributed by atoms with Crippen molar-refractivity contribution in [2.24, 2.45) is 7.05 Å². The van der Waals surface area contributed by atoms with E-state index in [1.54, 1.807) is 24.3 Å². The monoisotopic (exact) mass is 341 g/mol. The van der Waals surface area contributed by atoms with Gasteiger partial charge in [-0.3, -0.25) is 4.90 Å². The Hall–Kier alpha value is -2.33. The molecule has 25 heavy (non-hydrogen) atoms. The van der Waals surface area contributed by atoms with E-state index in [-0.39, 0.29) is 12.6 Å². The zero-order chi connectivity index (χ0) is 17.6. The van der Waals surface area contributed by atoms with E-state index in [1.165, 1.54) is 5.69 Å². The number of nitrogens with zero attached hydrogens (tertiary/aromatic N) is 3. The van der Waals surface area contributed by atoms with Crippen LogP contribution in [0.1, 0.15) is 17.3 Å². The summed E-state index contributed by atoms with van der Waals surface area (Å²) in [7, 11) is 2.02. The third-order valence-corrected chi connectivity index (χ3v) is 4.44. The SMILES string of the molecule is Cn1cccc1[C@H]1COCCN1C[C@H](O)COc1ccc(C#N)cc1. The highest BCUT2D eigenvalue weighted by atomic mass is 16.5. The molecule has 2 aromatic rings. The third kappa shape index (κ3) is 4.40. The van der Waals surface area contributed by atoms with Crippen LogP contribution < -0.4 is 4.74 Å². The minimum absolute atomic E-state index is 0.137. The van der Waals surface area contributed by atoms with Gasteiger partial charge in [0.25, 0.3) is 0 Å². The highest BCUT2D eigenvalue weighted by Gasteiger charge is 2.27. The van der Waals surface area contributed by atoms with Crippen LogP contribution in [0, 0.1) is 11.3 Å². The van der Waals surface area contributed by atoms with Gasteiger partial charge in [0, 0.05) is 32.0 Å². The fraction of sp³-hybridized carbons (Fsp3) is 0.421. The Morgan fingerprint density at radius 1 is 1.36 bits per heavy atom. The van der Waals surface area contributed by atoms with Crippen LogP contribution in [-0.2, 0) is 11.8 Å². The van der Waals surface area contributed by atoms with E-state index < -0.39 is 6.10 Å². The lowest BCUT2D eigenvalue weighted by Crippen LogP contribution is -2.45. The number of morpholine rings is 1. The lowest BCUT2D eigenvalue weighted by molar-refractivity contribution is -0.0356. The molecule has 3 rings (SSSR count). The Balaban J connectivity index is 1.56. The summed E-state index contributed by atoms with van der Waals surface area (Å²) in [5, 5.41) is 19.2. The number of aliphatic hydroxyl groups is 1. The Labute approximate surface area is 147 Å². The maximum absolute atomic E-state index is 10.4. The van der Waals surface area contributed by atoms with Crippen LogP contribution in [0.2, 0.25) is 0 Å². The van der Waals surface area contributed by atoms with Crippen molar-refractivity contribution in [1.82, 2.24) is 9.47 Å². The number of ether oxygens (including phenoxy) is 2. The predicted molar refractivity (Wildman–Crippen MR) is 93.2 cm³/mol. The van der Waals surface area contributed by atoms with Crippen molar-refractivity contribution >= 4 is 0 Å². The number of hydrogen-bond donors (Lipinski definition) is 1. The van der Waals surface area contributed by atoms with Gasteiger partial charge in [-0.25, -0.2) is 0 Å². The van der Waals surface area contributed by atoms with E-state index in [9.17, 15) is 5.11 Å². The molecule has 0 saturated carbocycles. The third-order valence-electron chi connectivity index (χ3n) is 4.44. The molecule has 1 aromatic heterocycles. The lowest BCUT2D eigenvalue weighted by atomic mass is 10.1. The van der Waals surface area contributed by atoms with Crippen LogP contribution in [0.4, 0.5) is 0 Å². The van der Waals surface area contributed by atoms with Crippen LogP contribution in [0.25, 0.3) is 0 Å². The van der Waals surface area contributed by atoms with Crippen molar-refractivity contribution in [3.05, 3.63) is 53.9 Å². The number of benzene rings is 1. The Bertz CT molecular complexity index is 720. The van der Waals surface area contributed by atoms with Crippen LogP contribution in [0.15, 0.2) is 42.6 Å². The van der Waals surface area contributed by atoms with Crippen LogP contribution in [0.3, 0.4) is 0 Å². The fourth-order valence-corrected chi connectivity index (χ4v) is 3.09. The first-order valence-electron chi connectivity index (χ1n) is 8.41. The molecule has 0 amide bonds. The fourth-order valence-electron chi connectivity index (χ4n) is 3.09. The first-order chi connectivity index (χ1) is 12.2. The Kier molecular flexibility index (Phi) is 5.71. The van der Waals surface area contributed by atoms with Crippen molar-refractivity contribution in [3.8, 4) is 11.8 Å². The zero-order valence-electron chi connectivity index (χ0n) is 14.3. The quantitative estimate of drug-likeness (QED) is 0.866. The Morgan fingerprint density at radius 2 is 2.16 bits per heavy atom. The molecule has 1 N–H and O–H groups in total. The molecular formula is C19H23N3O3. The van der Waals surface area contributed by atoms with Crippen LogP contribution in [0.5, 0.6) is 5.75 Å². The lowest BCUT2D eigenvalue weighted by Gasteiger charge is -2.36. The molecule has 1 fully saturated rings. The smallest absolute Gasteiger partial charge is 0.119 e. The molecule has 1 aliphatic heterocycles. The molecule has 6 nitrogen and oxygen atoms in total. The van der Waals surface area contributed by atoms with E-state index in [0.29, 0.717) is 31.1 Å². The number of nitriles is 1. The van der Waals surface area contributed by atoms with E-state index in [4.69, 9.17) is 14.7 Å². The largest absolute Gasteiger partial charge is 0.491 e. The standard InChI is InChI=1S/C19H23N3O3/c1-21-8-2-3-18(21)19-14-24-10-9-22(19)12-16(23)13-25-17-6-4-15(11-20)5-7-17/h2-8,16,19,23H,9-10,12-14H2,1H3/t16-,19+/m0/s1. The van der Waals surface area contributed by atoms with Gasteiger partial charge in [-0.1, -0.05) is 0 Å². The normalized spacial score (nSPS) is 19.3. The molecule has 2 heterocycles. The number of aliphatic hydroxyl groups excluding tert-OH is 1. The molecule has 132 valence electrons. The molecule has 0 aliphatic carbocycles. The zero-order valence-corrected chi connectivity index (χ0v) is 14.3. The molecule has 0 spiro atoms. The van der Waals surface area contributed by atoms with Gasteiger partial charge >= 0.3 is 0 Å². The molecule has 0 unspecified atom stereocenters. The second-order valence-electron chi connectivity index (χ2n) is 6.23.